The van der Waals surface area contributed by atoms with Gasteiger partial charge in [0, 0.05) is 11.6 Å². The van der Waals surface area contributed by atoms with Crippen molar-refractivity contribution in [2.24, 2.45) is 5.92 Å². The molecule has 0 saturated carbocycles. The van der Waals surface area contributed by atoms with Gasteiger partial charge in [-0.05, 0) is 38.8 Å². The van der Waals surface area contributed by atoms with Crippen LogP contribution in [0.3, 0.4) is 0 Å². The summed E-state index contributed by atoms with van der Waals surface area (Å²) in [6.07, 6.45) is 0.771. The molecule has 1 aliphatic rings. The Labute approximate surface area is 121 Å². The highest BCUT2D eigenvalue weighted by atomic mass is 32.2. The lowest BCUT2D eigenvalue weighted by Crippen LogP contribution is -2.26. The summed E-state index contributed by atoms with van der Waals surface area (Å²) in [5.41, 5.74) is 2.31. The molecule has 0 aromatic heterocycles. The Balaban J connectivity index is 1.98. The number of hydrogen-bond donors (Lipinski definition) is 1. The monoisotopic (exact) mass is 297 g/mol. The summed E-state index contributed by atoms with van der Waals surface area (Å²) in [5.74, 6) is 1.76. The third-order valence-corrected chi connectivity index (χ3v) is 5.73. The highest BCUT2D eigenvalue weighted by molar-refractivity contribution is 7.91. The van der Waals surface area contributed by atoms with Crippen molar-refractivity contribution in [3.8, 4) is 5.75 Å². The normalized spacial score (nSPS) is 22.6. The molecule has 4 nitrogen and oxygen atoms in total. The van der Waals surface area contributed by atoms with E-state index in [4.69, 9.17) is 4.74 Å². The average molecular weight is 297 g/mol. The number of nitrogens with one attached hydrogen (secondary N) is 1. The van der Waals surface area contributed by atoms with E-state index in [9.17, 15) is 8.42 Å². The minimum absolute atomic E-state index is 0.146. The maximum Gasteiger partial charge on any atom is 0.150 e. The van der Waals surface area contributed by atoms with Crippen LogP contribution in [0.1, 0.15) is 30.5 Å². The van der Waals surface area contributed by atoms with Gasteiger partial charge in [0.1, 0.15) is 5.75 Å². The van der Waals surface area contributed by atoms with Crippen molar-refractivity contribution in [3.05, 3.63) is 29.3 Å². The van der Waals surface area contributed by atoms with E-state index in [2.05, 4.69) is 25.2 Å². The minimum atomic E-state index is -2.79. The quantitative estimate of drug-likeness (QED) is 0.904. The van der Waals surface area contributed by atoms with Crippen LogP contribution < -0.4 is 10.1 Å². The highest BCUT2D eigenvalue weighted by Gasteiger charge is 2.28. The third-order valence-electron chi connectivity index (χ3n) is 3.89. The summed E-state index contributed by atoms with van der Waals surface area (Å²) in [6, 6.07) is 6.26. The molecule has 1 fully saturated rings. The number of ether oxygens (including phenoxy) is 1. The van der Waals surface area contributed by atoms with Crippen molar-refractivity contribution in [2.75, 3.05) is 25.2 Å². The molecule has 0 bridgehead atoms. The SMILES string of the molecule is COc1ccc(C)cc1C(C)NCC1CCS(=O)(=O)C1. The van der Waals surface area contributed by atoms with Crippen LogP contribution in [0.25, 0.3) is 0 Å². The van der Waals surface area contributed by atoms with Crippen molar-refractivity contribution in [3.63, 3.8) is 0 Å². The van der Waals surface area contributed by atoms with Crippen molar-refractivity contribution in [2.45, 2.75) is 26.3 Å². The molecule has 112 valence electrons. The fourth-order valence-electron chi connectivity index (χ4n) is 2.68. The van der Waals surface area contributed by atoms with Crippen LogP contribution in [0.4, 0.5) is 0 Å². The number of hydrogen-bond acceptors (Lipinski definition) is 4. The second kappa shape index (κ2) is 6.14. The number of benzene rings is 1. The fourth-order valence-corrected chi connectivity index (χ4v) is 4.54. The molecule has 2 unspecified atom stereocenters. The topological polar surface area (TPSA) is 55.4 Å². The Bertz CT molecular complexity index is 568. The molecule has 1 aromatic rings. The maximum atomic E-state index is 11.5. The van der Waals surface area contributed by atoms with Gasteiger partial charge in [0.2, 0.25) is 0 Å². The van der Waals surface area contributed by atoms with E-state index in [0.717, 1.165) is 24.3 Å². The van der Waals surface area contributed by atoms with Crippen LogP contribution in [0.15, 0.2) is 18.2 Å². The molecule has 1 aliphatic heterocycles. The molecule has 0 aliphatic carbocycles. The van der Waals surface area contributed by atoms with Crippen LogP contribution >= 0.6 is 0 Å². The van der Waals surface area contributed by atoms with Crippen LogP contribution in [0.2, 0.25) is 0 Å². The van der Waals surface area contributed by atoms with Gasteiger partial charge in [-0.3, -0.25) is 0 Å². The first-order valence-electron chi connectivity index (χ1n) is 6.99. The zero-order valence-corrected chi connectivity index (χ0v) is 13.2. The summed E-state index contributed by atoms with van der Waals surface area (Å²) >= 11 is 0. The number of aryl methyl sites for hydroxylation is 1. The Morgan fingerprint density at radius 3 is 2.80 bits per heavy atom. The molecule has 1 heterocycles. The first-order valence-corrected chi connectivity index (χ1v) is 8.82. The Morgan fingerprint density at radius 1 is 1.45 bits per heavy atom. The summed E-state index contributed by atoms with van der Waals surface area (Å²) in [7, 11) is -1.12. The van der Waals surface area contributed by atoms with E-state index in [1.54, 1.807) is 7.11 Å². The van der Waals surface area contributed by atoms with Gasteiger partial charge in [0.05, 0.1) is 18.6 Å². The highest BCUT2D eigenvalue weighted by Crippen LogP contribution is 2.26. The zero-order chi connectivity index (χ0) is 14.8. The van der Waals surface area contributed by atoms with Crippen molar-refractivity contribution >= 4 is 9.84 Å². The van der Waals surface area contributed by atoms with Crippen LogP contribution in [-0.2, 0) is 9.84 Å². The standard InChI is InChI=1S/C15H23NO3S/c1-11-4-5-15(19-3)14(8-11)12(2)16-9-13-6-7-20(17,18)10-13/h4-5,8,12-13,16H,6-7,9-10H2,1-3H3. The molecule has 0 amide bonds. The Kier molecular flexibility index (Phi) is 4.70. The largest absolute Gasteiger partial charge is 0.496 e. The molecule has 2 atom stereocenters. The van der Waals surface area contributed by atoms with E-state index in [0.29, 0.717) is 11.5 Å². The minimum Gasteiger partial charge on any atom is -0.496 e. The van der Waals surface area contributed by atoms with Crippen molar-refractivity contribution in [1.82, 2.24) is 5.32 Å². The summed E-state index contributed by atoms with van der Waals surface area (Å²) < 4.78 is 28.3. The lowest BCUT2D eigenvalue weighted by Gasteiger charge is -2.19. The van der Waals surface area contributed by atoms with Gasteiger partial charge in [-0.2, -0.15) is 0 Å². The number of methoxy groups -OCH3 is 1. The smallest absolute Gasteiger partial charge is 0.150 e. The first kappa shape index (κ1) is 15.3. The number of rotatable bonds is 5. The van der Waals surface area contributed by atoms with Gasteiger partial charge in [-0.1, -0.05) is 17.7 Å². The molecule has 0 radical (unpaired) electrons. The lowest BCUT2D eigenvalue weighted by molar-refractivity contribution is 0.397. The first-order chi connectivity index (χ1) is 9.41. The average Bonchev–Trinajstić information content (AvgIpc) is 2.75. The molecule has 0 spiro atoms. The van der Waals surface area contributed by atoms with Crippen LogP contribution in [0.5, 0.6) is 5.75 Å². The van der Waals surface area contributed by atoms with E-state index in [1.165, 1.54) is 5.56 Å². The predicted molar refractivity (Wildman–Crippen MR) is 80.9 cm³/mol. The van der Waals surface area contributed by atoms with Gasteiger partial charge in [0.15, 0.2) is 9.84 Å². The second-order valence-electron chi connectivity index (χ2n) is 5.64. The van der Waals surface area contributed by atoms with Crippen molar-refractivity contribution in [1.29, 1.82) is 0 Å². The lowest BCUT2D eigenvalue weighted by atomic mass is 10.0. The predicted octanol–water partition coefficient (Wildman–Crippen LogP) is 2.09. The molecule has 5 heteroatoms. The van der Waals surface area contributed by atoms with Gasteiger partial charge in [-0.25, -0.2) is 8.42 Å². The van der Waals surface area contributed by atoms with E-state index >= 15 is 0 Å². The van der Waals surface area contributed by atoms with Gasteiger partial charge < -0.3 is 10.1 Å². The van der Waals surface area contributed by atoms with E-state index in [-0.39, 0.29) is 12.0 Å². The maximum absolute atomic E-state index is 11.5. The molecule has 1 N–H and O–H groups in total. The van der Waals surface area contributed by atoms with Crippen LogP contribution in [0, 0.1) is 12.8 Å². The van der Waals surface area contributed by atoms with E-state index < -0.39 is 9.84 Å². The molecular weight excluding hydrogens is 274 g/mol. The summed E-state index contributed by atoms with van der Waals surface area (Å²) in [6.45, 7) is 4.87. The molecule has 2 rings (SSSR count). The van der Waals surface area contributed by atoms with Crippen LogP contribution in [-0.4, -0.2) is 33.6 Å². The third kappa shape index (κ3) is 3.73. The Morgan fingerprint density at radius 2 is 2.20 bits per heavy atom. The van der Waals surface area contributed by atoms with Gasteiger partial charge in [0.25, 0.3) is 0 Å². The van der Waals surface area contributed by atoms with Gasteiger partial charge in [-0.15, -0.1) is 0 Å². The Hall–Kier alpha value is -1.07. The molecular formula is C15H23NO3S. The summed E-state index contributed by atoms with van der Waals surface area (Å²) in [5, 5.41) is 3.44. The molecule has 20 heavy (non-hydrogen) atoms. The van der Waals surface area contributed by atoms with Gasteiger partial charge >= 0.3 is 0 Å². The second-order valence-corrected chi connectivity index (χ2v) is 7.87. The van der Waals surface area contributed by atoms with E-state index in [1.807, 2.05) is 12.1 Å². The zero-order valence-electron chi connectivity index (χ0n) is 12.3. The summed E-state index contributed by atoms with van der Waals surface area (Å²) in [4.78, 5) is 0. The fraction of sp³-hybridized carbons (Fsp3) is 0.600. The van der Waals surface area contributed by atoms with Crippen molar-refractivity contribution < 1.29 is 13.2 Å². The molecule has 1 saturated heterocycles. The molecule has 1 aromatic carbocycles. The number of sulfone groups is 1.